The van der Waals surface area contributed by atoms with Gasteiger partial charge in [-0.3, -0.25) is 9.78 Å². The summed E-state index contributed by atoms with van der Waals surface area (Å²) in [6, 6.07) is -0.262. The Morgan fingerprint density at radius 2 is 2.00 bits per heavy atom. The largest absolute Gasteiger partial charge is 0.480 e. The van der Waals surface area contributed by atoms with Crippen LogP contribution < -0.4 is 5.32 Å². The van der Waals surface area contributed by atoms with Gasteiger partial charge in [-0.1, -0.05) is 0 Å². The summed E-state index contributed by atoms with van der Waals surface area (Å²) in [5.74, 6) is -2.41. The van der Waals surface area contributed by atoms with Crippen LogP contribution in [0.25, 0.3) is 0 Å². The van der Waals surface area contributed by atoms with Crippen LogP contribution in [0.2, 0.25) is 0 Å². The normalized spacial score (nSPS) is 12.3. The number of pyridine rings is 1. The van der Waals surface area contributed by atoms with E-state index in [0.29, 0.717) is 0 Å². The minimum Gasteiger partial charge on any atom is -0.480 e. The van der Waals surface area contributed by atoms with Crippen molar-refractivity contribution in [3.8, 4) is 0 Å². The number of carboxylic acid groups (broad SMARTS) is 1. The van der Waals surface area contributed by atoms with Gasteiger partial charge >= 0.3 is 12.1 Å². The molecule has 8 heteroatoms. The summed E-state index contributed by atoms with van der Waals surface area (Å²) >= 11 is 0. The number of Topliss-reactive ketones (excluding diaryl/α,β-unsaturated/α-hetero) is 1. The van der Waals surface area contributed by atoms with Gasteiger partial charge in [0.2, 0.25) is 0 Å². The molecule has 1 amide bonds. The molecule has 0 saturated heterocycles. The van der Waals surface area contributed by atoms with Crippen LogP contribution in [0.4, 0.5) is 9.18 Å². The van der Waals surface area contributed by atoms with Gasteiger partial charge in [0.15, 0.2) is 5.78 Å². The van der Waals surface area contributed by atoms with Gasteiger partial charge in [0, 0.05) is 18.2 Å². The molecule has 1 unspecified atom stereocenters. The van der Waals surface area contributed by atoms with E-state index in [4.69, 9.17) is 9.84 Å². The van der Waals surface area contributed by atoms with Gasteiger partial charge in [-0.25, -0.2) is 14.0 Å². The highest BCUT2D eigenvalue weighted by Crippen LogP contribution is 2.10. The van der Waals surface area contributed by atoms with E-state index in [1.807, 2.05) is 0 Å². The van der Waals surface area contributed by atoms with Gasteiger partial charge in [0.1, 0.15) is 17.5 Å². The third kappa shape index (κ3) is 6.86. The van der Waals surface area contributed by atoms with Crippen LogP contribution in [-0.4, -0.2) is 39.6 Å². The molecule has 1 heterocycles. The molecule has 2 N–H and O–H groups in total. The highest BCUT2D eigenvalue weighted by atomic mass is 19.1. The van der Waals surface area contributed by atoms with Crippen molar-refractivity contribution in [1.29, 1.82) is 0 Å². The number of alkyl carbamates (subject to hydrolysis) is 1. The van der Waals surface area contributed by atoms with Gasteiger partial charge in [0.25, 0.3) is 0 Å². The zero-order chi connectivity index (χ0) is 17.6. The number of amides is 1. The molecule has 23 heavy (non-hydrogen) atoms. The molecule has 0 fully saturated rings. The molecule has 1 atom stereocenters. The molecule has 1 aromatic heterocycles. The number of carbonyl (C=O) groups is 3. The highest BCUT2D eigenvalue weighted by molar-refractivity contribution is 5.96. The van der Waals surface area contributed by atoms with E-state index in [-0.39, 0.29) is 18.4 Å². The first-order valence-corrected chi connectivity index (χ1v) is 6.94. The minimum absolute atomic E-state index is 0.0476. The Bertz CT molecular complexity index is 598. The van der Waals surface area contributed by atoms with Crippen LogP contribution in [0.15, 0.2) is 18.5 Å². The Morgan fingerprint density at radius 3 is 2.52 bits per heavy atom. The number of ether oxygens (including phenoxy) is 1. The third-order valence-corrected chi connectivity index (χ3v) is 2.68. The number of nitrogens with one attached hydrogen (secondary N) is 1. The van der Waals surface area contributed by atoms with Crippen molar-refractivity contribution in [2.24, 2.45) is 0 Å². The molecular formula is C15H19FN2O5. The SMILES string of the molecule is CC(C)(C)OC(=O)NC(CCC(=O)c1cncc(F)c1)C(=O)O. The van der Waals surface area contributed by atoms with Gasteiger partial charge in [-0.05, 0) is 33.3 Å². The number of rotatable bonds is 6. The van der Waals surface area contributed by atoms with Crippen LogP contribution in [0.3, 0.4) is 0 Å². The molecule has 0 aliphatic rings. The van der Waals surface area contributed by atoms with E-state index in [9.17, 15) is 18.8 Å². The number of aromatic nitrogens is 1. The topological polar surface area (TPSA) is 106 Å². The third-order valence-electron chi connectivity index (χ3n) is 2.68. The minimum atomic E-state index is -1.29. The maximum absolute atomic E-state index is 13.0. The summed E-state index contributed by atoms with van der Waals surface area (Å²) in [6.45, 7) is 4.93. The van der Waals surface area contributed by atoms with E-state index in [1.54, 1.807) is 20.8 Å². The maximum atomic E-state index is 13.0. The second-order valence-electron chi connectivity index (χ2n) is 5.89. The number of ketones is 1. The van der Waals surface area contributed by atoms with E-state index in [1.165, 1.54) is 6.20 Å². The van der Waals surface area contributed by atoms with E-state index < -0.39 is 35.3 Å². The van der Waals surface area contributed by atoms with E-state index in [2.05, 4.69) is 10.3 Å². The summed E-state index contributed by atoms with van der Waals surface area (Å²) in [5.41, 5.74) is -0.720. The van der Waals surface area contributed by atoms with Gasteiger partial charge < -0.3 is 15.2 Å². The average Bonchev–Trinajstić information content (AvgIpc) is 2.40. The summed E-state index contributed by atoms with van der Waals surface area (Å²) < 4.78 is 18.0. The molecule has 0 radical (unpaired) electrons. The monoisotopic (exact) mass is 326 g/mol. The Kier molecular flexibility index (Phi) is 6.18. The fourth-order valence-corrected chi connectivity index (χ4v) is 1.69. The molecule has 0 aliphatic heterocycles. The summed E-state index contributed by atoms with van der Waals surface area (Å²) in [4.78, 5) is 38.2. The molecule has 0 saturated carbocycles. The number of hydrogen-bond donors (Lipinski definition) is 2. The van der Waals surface area contributed by atoms with Gasteiger partial charge in [-0.2, -0.15) is 0 Å². The van der Waals surface area contributed by atoms with Crippen molar-refractivity contribution in [2.45, 2.75) is 45.3 Å². The quantitative estimate of drug-likeness (QED) is 0.776. The molecule has 126 valence electrons. The van der Waals surface area contributed by atoms with Crippen molar-refractivity contribution in [2.75, 3.05) is 0 Å². The standard InChI is InChI=1S/C15H19FN2O5/c1-15(2,3)23-14(22)18-11(13(20)21)4-5-12(19)9-6-10(16)8-17-7-9/h6-8,11H,4-5H2,1-3H3,(H,18,22)(H,20,21). The molecule has 1 aromatic rings. The number of aliphatic carboxylic acids is 1. The van der Waals surface area contributed by atoms with E-state index in [0.717, 1.165) is 12.3 Å². The number of halogens is 1. The lowest BCUT2D eigenvalue weighted by Gasteiger charge is -2.21. The zero-order valence-electron chi connectivity index (χ0n) is 13.1. The molecule has 7 nitrogen and oxygen atoms in total. The van der Waals surface area contributed by atoms with Crippen LogP contribution in [0, 0.1) is 5.82 Å². The predicted octanol–water partition coefficient (Wildman–Crippen LogP) is 2.16. The first-order chi connectivity index (χ1) is 10.6. The fraction of sp³-hybridized carbons (Fsp3) is 0.467. The van der Waals surface area contributed by atoms with Crippen molar-refractivity contribution in [3.05, 3.63) is 29.8 Å². The predicted molar refractivity (Wildman–Crippen MR) is 78.6 cm³/mol. The van der Waals surface area contributed by atoms with Crippen molar-refractivity contribution in [1.82, 2.24) is 10.3 Å². The lowest BCUT2D eigenvalue weighted by Crippen LogP contribution is -2.43. The number of nitrogens with zero attached hydrogens (tertiary/aromatic N) is 1. The Hall–Kier alpha value is -2.51. The maximum Gasteiger partial charge on any atom is 0.408 e. The average molecular weight is 326 g/mol. The summed E-state index contributed by atoms with van der Waals surface area (Å²) in [7, 11) is 0. The zero-order valence-corrected chi connectivity index (χ0v) is 13.1. The second-order valence-corrected chi connectivity index (χ2v) is 5.89. The summed E-state index contributed by atoms with van der Waals surface area (Å²) in [5, 5.41) is 11.3. The molecule has 0 aromatic carbocycles. The first-order valence-electron chi connectivity index (χ1n) is 6.94. The smallest absolute Gasteiger partial charge is 0.408 e. The van der Waals surface area contributed by atoms with Gasteiger partial charge in [0.05, 0.1) is 6.20 Å². The van der Waals surface area contributed by atoms with Crippen LogP contribution in [0.1, 0.15) is 44.0 Å². The van der Waals surface area contributed by atoms with Crippen molar-refractivity contribution < 1.29 is 28.6 Å². The number of carbonyl (C=O) groups excluding carboxylic acids is 2. The molecule has 0 aliphatic carbocycles. The molecular weight excluding hydrogens is 307 g/mol. The van der Waals surface area contributed by atoms with E-state index >= 15 is 0 Å². The Labute approximate surface area is 132 Å². The van der Waals surface area contributed by atoms with Crippen molar-refractivity contribution in [3.63, 3.8) is 0 Å². The fourth-order valence-electron chi connectivity index (χ4n) is 1.69. The summed E-state index contributed by atoms with van der Waals surface area (Å²) in [6.07, 6.45) is 0.940. The van der Waals surface area contributed by atoms with Gasteiger partial charge in [-0.15, -0.1) is 0 Å². The van der Waals surface area contributed by atoms with Crippen LogP contribution in [-0.2, 0) is 9.53 Å². The lowest BCUT2D eigenvalue weighted by atomic mass is 10.0. The number of carboxylic acids is 1. The van der Waals surface area contributed by atoms with Crippen LogP contribution >= 0.6 is 0 Å². The number of hydrogen-bond acceptors (Lipinski definition) is 5. The van der Waals surface area contributed by atoms with Crippen LogP contribution in [0.5, 0.6) is 0 Å². The molecule has 0 bridgehead atoms. The Balaban J connectivity index is 2.61. The first kappa shape index (κ1) is 18.5. The molecule has 0 spiro atoms. The molecule has 1 rings (SSSR count). The Morgan fingerprint density at radius 1 is 1.35 bits per heavy atom. The highest BCUT2D eigenvalue weighted by Gasteiger charge is 2.24. The lowest BCUT2D eigenvalue weighted by molar-refractivity contribution is -0.139. The second kappa shape index (κ2) is 7.66. The van der Waals surface area contributed by atoms with Crippen molar-refractivity contribution >= 4 is 17.8 Å².